The largest absolute Gasteiger partial charge is 0.496 e. The fourth-order valence-electron chi connectivity index (χ4n) is 5.66. The van der Waals surface area contributed by atoms with Crippen LogP contribution >= 0.6 is 23.2 Å². The summed E-state index contributed by atoms with van der Waals surface area (Å²) in [4.78, 5) is 13.8. The van der Waals surface area contributed by atoms with E-state index in [0.29, 0.717) is 63.7 Å². The summed E-state index contributed by atoms with van der Waals surface area (Å²) in [6, 6.07) is 16.1. The lowest BCUT2D eigenvalue weighted by Gasteiger charge is -2.32. The van der Waals surface area contributed by atoms with E-state index >= 15 is 0 Å². The molecule has 4 aromatic rings. The number of rotatable bonds is 11. The zero-order valence-electron chi connectivity index (χ0n) is 24.6. The molecule has 0 aliphatic heterocycles. The molecule has 2 aromatic heterocycles. The summed E-state index contributed by atoms with van der Waals surface area (Å²) >= 11 is 14.0. The number of hydrogen-bond donors (Lipinski definition) is 4. The van der Waals surface area contributed by atoms with Gasteiger partial charge in [0.2, 0.25) is 5.88 Å². The van der Waals surface area contributed by atoms with Crippen molar-refractivity contribution >= 4 is 23.2 Å². The van der Waals surface area contributed by atoms with Crippen molar-refractivity contribution in [3.8, 4) is 45.4 Å². The summed E-state index contributed by atoms with van der Waals surface area (Å²) < 4.78 is 11.3. The monoisotopic (exact) mass is 635 g/mol. The molecule has 2 saturated carbocycles. The van der Waals surface area contributed by atoms with Crippen LogP contribution in [0.15, 0.2) is 54.9 Å². The molecule has 0 atom stereocenters. The highest BCUT2D eigenvalue weighted by molar-refractivity contribution is 6.38. The van der Waals surface area contributed by atoms with E-state index in [9.17, 15) is 10.2 Å². The van der Waals surface area contributed by atoms with Crippen molar-refractivity contribution in [3.63, 3.8) is 0 Å². The summed E-state index contributed by atoms with van der Waals surface area (Å²) in [7, 11) is 3.24. The molecule has 2 aliphatic rings. The van der Waals surface area contributed by atoms with E-state index in [-0.39, 0.29) is 12.2 Å². The Morgan fingerprint density at radius 2 is 1.41 bits per heavy atom. The molecule has 0 amide bonds. The van der Waals surface area contributed by atoms with Gasteiger partial charge in [-0.3, -0.25) is 0 Å². The number of halogens is 2. The van der Waals surface area contributed by atoms with E-state index in [4.69, 9.17) is 37.7 Å². The average Bonchev–Trinajstić information content (AvgIpc) is 3.00. The number of ether oxygens (including phenoxy) is 2. The van der Waals surface area contributed by atoms with Crippen molar-refractivity contribution in [3.05, 3.63) is 76.0 Å². The van der Waals surface area contributed by atoms with Crippen molar-refractivity contribution in [2.24, 2.45) is 0 Å². The van der Waals surface area contributed by atoms with Crippen LogP contribution < -0.4 is 20.1 Å². The highest BCUT2D eigenvalue weighted by atomic mass is 35.5. The van der Waals surface area contributed by atoms with Crippen LogP contribution in [-0.2, 0) is 13.1 Å². The zero-order valence-corrected chi connectivity index (χ0v) is 26.1. The predicted octanol–water partition coefficient (Wildman–Crippen LogP) is 5.42. The number of nitrogens with zero attached hydrogens (tertiary/aromatic N) is 3. The number of aliphatic hydroxyl groups excluding tert-OH is 2. The molecule has 9 nitrogen and oxygen atoms in total. The zero-order chi connectivity index (χ0) is 30.8. The summed E-state index contributed by atoms with van der Waals surface area (Å²) in [5.74, 6) is 1.23. The van der Waals surface area contributed by atoms with E-state index in [1.54, 1.807) is 14.2 Å². The Kier molecular flexibility index (Phi) is 9.32. The first-order chi connectivity index (χ1) is 21.3. The van der Waals surface area contributed by atoms with Gasteiger partial charge in [-0.1, -0.05) is 59.6 Å². The number of pyridine rings is 1. The van der Waals surface area contributed by atoms with E-state index in [1.807, 2.05) is 48.5 Å². The van der Waals surface area contributed by atoms with Gasteiger partial charge in [-0.2, -0.15) is 0 Å². The Labute approximate surface area is 266 Å². The molecule has 230 valence electrons. The van der Waals surface area contributed by atoms with Crippen LogP contribution in [0.1, 0.15) is 36.8 Å². The van der Waals surface area contributed by atoms with E-state index in [1.165, 1.54) is 6.33 Å². The van der Waals surface area contributed by atoms with Crippen molar-refractivity contribution < 1.29 is 19.7 Å². The van der Waals surface area contributed by atoms with Gasteiger partial charge >= 0.3 is 0 Å². The van der Waals surface area contributed by atoms with E-state index in [2.05, 4.69) is 20.6 Å². The Hall–Kier alpha value is -3.31. The van der Waals surface area contributed by atoms with Crippen molar-refractivity contribution in [1.29, 1.82) is 0 Å². The molecule has 0 saturated heterocycles. The van der Waals surface area contributed by atoms with Gasteiger partial charge < -0.3 is 30.3 Å². The SMILES string of the molecule is COc1cc(-c2ncnc(-c3cccc(-c4ccc(CN[C@H]5C[C@@H](O)C5)c(OC)n4)c3Cl)c2Cl)ccc1CN[C@H]1C[C@@H](O)C1. The third-order valence-corrected chi connectivity index (χ3v) is 9.17. The Morgan fingerprint density at radius 1 is 0.773 bits per heavy atom. The lowest BCUT2D eigenvalue weighted by Crippen LogP contribution is -2.43. The van der Waals surface area contributed by atoms with Gasteiger partial charge in [-0.05, 0) is 37.8 Å². The maximum atomic E-state index is 9.57. The van der Waals surface area contributed by atoms with Crippen LogP contribution in [-0.4, -0.2) is 63.7 Å². The van der Waals surface area contributed by atoms with Gasteiger partial charge in [0, 0.05) is 53.0 Å². The molecule has 4 N–H and O–H groups in total. The molecular formula is C33H35Cl2N5O4. The normalized spacial score (nSPS) is 21.0. The number of nitrogens with one attached hydrogen (secondary N) is 2. The van der Waals surface area contributed by atoms with Gasteiger partial charge in [0.05, 0.1) is 53.6 Å². The van der Waals surface area contributed by atoms with Crippen molar-refractivity contribution in [2.75, 3.05) is 14.2 Å². The fourth-order valence-corrected chi connectivity index (χ4v) is 6.28. The van der Waals surface area contributed by atoms with Gasteiger partial charge in [0.1, 0.15) is 12.1 Å². The number of aromatic nitrogens is 3. The van der Waals surface area contributed by atoms with Crippen molar-refractivity contribution in [2.45, 2.75) is 63.1 Å². The smallest absolute Gasteiger partial charge is 0.218 e. The van der Waals surface area contributed by atoms with Crippen LogP contribution in [0.4, 0.5) is 0 Å². The number of aliphatic hydroxyl groups is 2. The summed E-state index contributed by atoms with van der Waals surface area (Å²) in [6.45, 7) is 1.22. The second-order valence-corrected chi connectivity index (χ2v) is 12.1. The molecule has 0 bridgehead atoms. The average molecular weight is 637 g/mol. The van der Waals surface area contributed by atoms with Crippen LogP contribution in [0.2, 0.25) is 10.0 Å². The summed E-state index contributed by atoms with van der Waals surface area (Å²) in [5.41, 5.74) is 5.82. The standard InChI is InChI=1S/C33H35Cl2N5O4/c1-43-28-10-18(6-7-19(28)15-36-21-11-23(41)12-21)31-30(35)32(39-17-38-31)26-5-3-4-25(29(26)34)27-9-8-20(33(40-27)44-2)16-37-22-13-24(42)14-22/h3-10,17,21-24,36-37,41-42H,11-16H2,1-2H3/t21-,22-,23+,24+. The van der Waals surface area contributed by atoms with Crippen LogP contribution in [0.5, 0.6) is 11.6 Å². The first kappa shape index (κ1) is 30.7. The first-order valence-corrected chi connectivity index (χ1v) is 15.4. The summed E-state index contributed by atoms with van der Waals surface area (Å²) in [5, 5.41) is 26.9. The second kappa shape index (κ2) is 13.4. The maximum Gasteiger partial charge on any atom is 0.218 e. The van der Waals surface area contributed by atoms with Crippen LogP contribution in [0, 0.1) is 0 Å². The van der Waals surface area contributed by atoms with E-state index in [0.717, 1.165) is 53.7 Å². The fraction of sp³-hybridized carbons (Fsp3) is 0.364. The highest BCUT2D eigenvalue weighted by Gasteiger charge is 2.28. The number of benzene rings is 2. The minimum Gasteiger partial charge on any atom is -0.496 e. The quantitative estimate of drug-likeness (QED) is 0.171. The minimum absolute atomic E-state index is 0.208. The molecule has 11 heteroatoms. The van der Waals surface area contributed by atoms with Crippen molar-refractivity contribution in [1.82, 2.24) is 25.6 Å². The molecule has 44 heavy (non-hydrogen) atoms. The van der Waals surface area contributed by atoms with Crippen LogP contribution in [0.25, 0.3) is 33.8 Å². The van der Waals surface area contributed by atoms with Gasteiger partial charge in [-0.15, -0.1) is 0 Å². The second-order valence-electron chi connectivity index (χ2n) is 11.3. The first-order valence-electron chi connectivity index (χ1n) is 14.7. The lowest BCUT2D eigenvalue weighted by atomic mass is 9.89. The number of methoxy groups -OCH3 is 2. The molecule has 2 fully saturated rings. The van der Waals surface area contributed by atoms with Gasteiger partial charge in [0.25, 0.3) is 0 Å². The Morgan fingerprint density at radius 3 is 2.07 bits per heavy atom. The Balaban J connectivity index is 1.25. The molecule has 6 rings (SSSR count). The molecule has 0 unspecified atom stereocenters. The molecule has 2 heterocycles. The minimum atomic E-state index is -0.215. The number of hydrogen-bond acceptors (Lipinski definition) is 9. The predicted molar refractivity (Wildman–Crippen MR) is 171 cm³/mol. The lowest BCUT2D eigenvalue weighted by molar-refractivity contribution is 0.0615. The molecule has 2 aromatic carbocycles. The Bertz CT molecular complexity index is 1520. The maximum absolute atomic E-state index is 9.57. The third-order valence-electron chi connectivity index (χ3n) is 8.40. The van der Waals surface area contributed by atoms with Gasteiger partial charge in [-0.25, -0.2) is 15.0 Å². The van der Waals surface area contributed by atoms with E-state index < -0.39 is 0 Å². The molecule has 0 spiro atoms. The molecular weight excluding hydrogens is 601 g/mol. The highest BCUT2D eigenvalue weighted by Crippen LogP contribution is 2.41. The van der Waals surface area contributed by atoms with Gasteiger partial charge in [0.15, 0.2) is 0 Å². The topological polar surface area (TPSA) is 122 Å². The molecule has 0 radical (unpaired) electrons. The summed E-state index contributed by atoms with van der Waals surface area (Å²) in [6.07, 6.45) is 4.10. The third kappa shape index (κ3) is 6.40. The van der Waals surface area contributed by atoms with Crippen LogP contribution in [0.3, 0.4) is 0 Å². The molecule has 2 aliphatic carbocycles.